The van der Waals surface area contributed by atoms with Gasteiger partial charge in [0.05, 0.1) is 22.8 Å². The first-order valence-electron chi connectivity index (χ1n) is 5.95. The van der Waals surface area contributed by atoms with E-state index in [-0.39, 0.29) is 11.8 Å². The average molecular weight is 263 g/mol. The normalized spacial score (nSPS) is 12.9. The first-order chi connectivity index (χ1) is 8.58. The molecule has 0 aliphatic heterocycles. The van der Waals surface area contributed by atoms with E-state index in [4.69, 9.17) is 5.73 Å². The van der Waals surface area contributed by atoms with Crippen molar-refractivity contribution in [2.24, 2.45) is 11.7 Å². The number of nitrogens with one attached hydrogen (secondary N) is 1. The zero-order valence-corrected chi connectivity index (χ0v) is 11.3. The van der Waals surface area contributed by atoms with Crippen molar-refractivity contribution in [3.8, 4) is 0 Å². The van der Waals surface area contributed by atoms with Crippen LogP contribution in [0.5, 0.6) is 0 Å². The van der Waals surface area contributed by atoms with Gasteiger partial charge in [-0.2, -0.15) is 0 Å². The quantitative estimate of drug-likeness (QED) is 0.885. The third-order valence-corrected chi connectivity index (χ3v) is 3.81. The molecule has 4 nitrogen and oxygen atoms in total. The number of aromatic nitrogens is 1. The summed E-state index contributed by atoms with van der Waals surface area (Å²) in [7, 11) is 0. The molecule has 5 heteroatoms. The van der Waals surface area contributed by atoms with Crippen molar-refractivity contribution in [2.45, 2.75) is 26.4 Å². The van der Waals surface area contributed by atoms with E-state index >= 15 is 0 Å². The lowest BCUT2D eigenvalue weighted by Gasteiger charge is -2.14. The van der Waals surface area contributed by atoms with Crippen LogP contribution < -0.4 is 11.1 Å². The Balaban J connectivity index is 2.00. The summed E-state index contributed by atoms with van der Waals surface area (Å²) in [5.41, 5.74) is 6.74. The van der Waals surface area contributed by atoms with Crippen molar-refractivity contribution in [1.82, 2.24) is 10.3 Å². The van der Waals surface area contributed by atoms with Gasteiger partial charge >= 0.3 is 0 Å². The van der Waals surface area contributed by atoms with E-state index in [9.17, 15) is 4.79 Å². The Hall–Kier alpha value is -1.46. The number of hydrogen-bond acceptors (Lipinski definition) is 4. The molecule has 2 aromatic rings. The van der Waals surface area contributed by atoms with Crippen LogP contribution in [0.1, 0.15) is 18.9 Å². The largest absolute Gasteiger partial charge is 0.348 e. The molecule has 0 aliphatic carbocycles. The van der Waals surface area contributed by atoms with Crippen LogP contribution in [0.3, 0.4) is 0 Å². The number of benzene rings is 1. The predicted molar refractivity (Wildman–Crippen MR) is 74.3 cm³/mol. The molecular formula is C13H17N3OS. The van der Waals surface area contributed by atoms with Crippen LogP contribution in [0, 0.1) is 5.92 Å². The number of thiazole rings is 1. The Morgan fingerprint density at radius 1 is 1.44 bits per heavy atom. The summed E-state index contributed by atoms with van der Waals surface area (Å²) in [6.45, 7) is 4.31. The van der Waals surface area contributed by atoms with Gasteiger partial charge in [0.1, 0.15) is 5.01 Å². The number of fused-ring (bicyclic) bond motifs is 1. The van der Waals surface area contributed by atoms with Crippen molar-refractivity contribution < 1.29 is 4.79 Å². The number of rotatable bonds is 4. The highest BCUT2D eigenvalue weighted by molar-refractivity contribution is 7.18. The van der Waals surface area contributed by atoms with Crippen LogP contribution in [0.4, 0.5) is 0 Å². The number of hydrogen-bond donors (Lipinski definition) is 2. The summed E-state index contributed by atoms with van der Waals surface area (Å²) < 4.78 is 1.13. The fraction of sp³-hybridized carbons (Fsp3) is 0.385. The minimum Gasteiger partial charge on any atom is -0.348 e. The maximum absolute atomic E-state index is 11.7. The molecule has 18 heavy (non-hydrogen) atoms. The van der Waals surface area contributed by atoms with Crippen LogP contribution in [-0.4, -0.2) is 16.9 Å². The first kappa shape index (κ1) is 13.0. The minimum absolute atomic E-state index is 0.121. The topological polar surface area (TPSA) is 68.0 Å². The molecule has 1 heterocycles. The van der Waals surface area contributed by atoms with Crippen molar-refractivity contribution in [2.75, 3.05) is 0 Å². The van der Waals surface area contributed by atoms with E-state index in [1.54, 1.807) is 11.3 Å². The van der Waals surface area contributed by atoms with E-state index < -0.39 is 6.04 Å². The number of nitrogens with zero attached hydrogens (tertiary/aromatic N) is 1. The Bertz CT molecular complexity index is 517. The van der Waals surface area contributed by atoms with Gasteiger partial charge in [0, 0.05) is 0 Å². The number of nitrogens with two attached hydrogens (primary N) is 1. The SMILES string of the molecule is CC(C)[C@H](N)C(=O)NCc1nc2ccccc2s1. The van der Waals surface area contributed by atoms with Gasteiger partial charge in [-0.3, -0.25) is 4.79 Å². The predicted octanol–water partition coefficient (Wildman–Crippen LogP) is 1.90. The summed E-state index contributed by atoms with van der Waals surface area (Å²) in [4.78, 5) is 16.2. The van der Waals surface area contributed by atoms with Crippen LogP contribution >= 0.6 is 11.3 Å². The molecule has 0 bridgehead atoms. The summed E-state index contributed by atoms with van der Waals surface area (Å²) in [5, 5.41) is 3.73. The van der Waals surface area contributed by atoms with Gasteiger partial charge in [-0.1, -0.05) is 26.0 Å². The standard InChI is InChI=1S/C13H17N3OS/c1-8(2)12(14)13(17)15-7-11-16-9-5-3-4-6-10(9)18-11/h3-6,8,12H,7,14H2,1-2H3,(H,15,17)/t12-/m0/s1. The number of carbonyl (C=O) groups excluding carboxylic acids is 1. The number of amides is 1. The van der Waals surface area contributed by atoms with Gasteiger partial charge in [-0.25, -0.2) is 4.98 Å². The molecule has 0 fully saturated rings. The maximum Gasteiger partial charge on any atom is 0.237 e. The van der Waals surface area contributed by atoms with Crippen LogP contribution in [0.15, 0.2) is 24.3 Å². The van der Waals surface area contributed by atoms with E-state index in [0.717, 1.165) is 15.2 Å². The molecule has 1 aromatic carbocycles. The molecule has 0 unspecified atom stereocenters. The molecule has 2 rings (SSSR count). The van der Waals surface area contributed by atoms with Crippen molar-refractivity contribution in [1.29, 1.82) is 0 Å². The first-order valence-corrected chi connectivity index (χ1v) is 6.77. The Kier molecular flexibility index (Phi) is 3.93. The lowest BCUT2D eigenvalue weighted by atomic mass is 10.1. The van der Waals surface area contributed by atoms with Gasteiger partial charge in [-0.05, 0) is 18.1 Å². The minimum atomic E-state index is -0.459. The monoisotopic (exact) mass is 263 g/mol. The third kappa shape index (κ3) is 2.86. The van der Waals surface area contributed by atoms with Crippen LogP contribution in [-0.2, 0) is 11.3 Å². The van der Waals surface area contributed by atoms with Crippen molar-refractivity contribution in [3.05, 3.63) is 29.3 Å². The van der Waals surface area contributed by atoms with Gasteiger partial charge < -0.3 is 11.1 Å². The van der Waals surface area contributed by atoms with Crippen molar-refractivity contribution >= 4 is 27.5 Å². The molecule has 1 aromatic heterocycles. The van der Waals surface area contributed by atoms with Crippen molar-refractivity contribution in [3.63, 3.8) is 0 Å². The van der Waals surface area contributed by atoms with E-state index in [1.807, 2.05) is 38.1 Å². The molecule has 0 aliphatic rings. The van der Waals surface area contributed by atoms with E-state index in [1.165, 1.54) is 0 Å². The van der Waals surface area contributed by atoms with Crippen LogP contribution in [0.25, 0.3) is 10.2 Å². The second-order valence-electron chi connectivity index (χ2n) is 4.56. The molecule has 0 spiro atoms. The molecule has 3 N–H and O–H groups in total. The molecular weight excluding hydrogens is 246 g/mol. The third-order valence-electron chi connectivity index (χ3n) is 2.77. The summed E-state index contributed by atoms with van der Waals surface area (Å²) in [6.07, 6.45) is 0. The molecule has 1 amide bonds. The number of para-hydroxylation sites is 1. The molecule has 96 valence electrons. The van der Waals surface area contributed by atoms with Gasteiger partial charge in [0.15, 0.2) is 0 Å². The molecule has 0 saturated heterocycles. The fourth-order valence-corrected chi connectivity index (χ4v) is 2.49. The van der Waals surface area contributed by atoms with Gasteiger partial charge in [-0.15, -0.1) is 11.3 Å². The molecule has 0 radical (unpaired) electrons. The zero-order valence-electron chi connectivity index (χ0n) is 10.5. The van der Waals surface area contributed by atoms with E-state index in [2.05, 4.69) is 10.3 Å². The second kappa shape index (κ2) is 5.46. The average Bonchev–Trinajstić information content (AvgIpc) is 2.77. The highest BCUT2D eigenvalue weighted by Crippen LogP contribution is 2.21. The second-order valence-corrected chi connectivity index (χ2v) is 5.68. The maximum atomic E-state index is 11.7. The lowest BCUT2D eigenvalue weighted by molar-refractivity contribution is -0.123. The fourth-order valence-electron chi connectivity index (χ4n) is 1.58. The van der Waals surface area contributed by atoms with Crippen LogP contribution in [0.2, 0.25) is 0 Å². The Morgan fingerprint density at radius 3 is 2.83 bits per heavy atom. The van der Waals surface area contributed by atoms with E-state index in [0.29, 0.717) is 6.54 Å². The molecule has 1 atom stereocenters. The van der Waals surface area contributed by atoms with Gasteiger partial charge in [0.2, 0.25) is 5.91 Å². The lowest BCUT2D eigenvalue weighted by Crippen LogP contribution is -2.43. The smallest absolute Gasteiger partial charge is 0.237 e. The van der Waals surface area contributed by atoms with Gasteiger partial charge in [0.25, 0.3) is 0 Å². The zero-order chi connectivity index (χ0) is 13.1. The highest BCUT2D eigenvalue weighted by Gasteiger charge is 2.17. The summed E-state index contributed by atoms with van der Waals surface area (Å²) in [5.74, 6) is 0.0182. The summed E-state index contributed by atoms with van der Waals surface area (Å²) in [6, 6.07) is 7.48. The number of carbonyl (C=O) groups is 1. The highest BCUT2D eigenvalue weighted by atomic mass is 32.1. The molecule has 0 saturated carbocycles. The summed E-state index contributed by atoms with van der Waals surface area (Å²) >= 11 is 1.59. The Labute approximate surface area is 110 Å². The Morgan fingerprint density at radius 2 is 2.17 bits per heavy atom.